The van der Waals surface area contributed by atoms with Crippen LogP contribution in [-0.2, 0) is 6.54 Å². The molecule has 1 atom stereocenters. The van der Waals surface area contributed by atoms with Gasteiger partial charge in [0.25, 0.3) is 5.91 Å². The molecule has 6 rings (SSSR count). The number of carboxylic acid groups (broad SMARTS) is 1. The molecule has 0 aliphatic heterocycles. The van der Waals surface area contributed by atoms with Crippen molar-refractivity contribution in [3.8, 4) is 11.1 Å². The number of nitrogens with one attached hydrogen (secondary N) is 2. The van der Waals surface area contributed by atoms with Gasteiger partial charge in [-0.05, 0) is 83.8 Å². The first kappa shape index (κ1) is 28.4. The van der Waals surface area contributed by atoms with Gasteiger partial charge >= 0.3 is 5.97 Å². The Bertz CT molecular complexity index is 1930. The quantitative estimate of drug-likeness (QED) is 0.160. The van der Waals surface area contributed by atoms with E-state index in [1.165, 1.54) is 24.3 Å². The van der Waals surface area contributed by atoms with Crippen LogP contribution in [0.15, 0.2) is 128 Å². The molecule has 0 bridgehead atoms. The molecule has 0 unspecified atom stereocenters. The fourth-order valence-corrected chi connectivity index (χ4v) is 5.34. The number of hydrogen-bond donors (Lipinski definition) is 3. The molecular weight excluding hydrogens is 553 g/mol. The highest BCUT2D eigenvalue weighted by atomic mass is 19.1. The summed E-state index contributed by atoms with van der Waals surface area (Å²) >= 11 is 0. The molecule has 0 aliphatic carbocycles. The Labute approximate surface area is 254 Å². The van der Waals surface area contributed by atoms with Gasteiger partial charge in [0.2, 0.25) is 0 Å². The lowest BCUT2D eigenvalue weighted by molar-refractivity contribution is 0.0696. The molecule has 0 spiro atoms. The normalized spacial score (nSPS) is 11.7. The maximum absolute atomic E-state index is 13.7. The molecule has 0 aliphatic rings. The molecule has 6 nitrogen and oxygen atoms in total. The third-order valence-corrected chi connectivity index (χ3v) is 7.71. The number of fused-ring (bicyclic) bond motifs is 1. The Morgan fingerprint density at radius 1 is 0.795 bits per heavy atom. The smallest absolute Gasteiger partial charge is 0.335 e. The van der Waals surface area contributed by atoms with Crippen molar-refractivity contribution in [2.24, 2.45) is 0 Å². The number of nitrogens with zero attached hydrogens (tertiary/aromatic N) is 1. The van der Waals surface area contributed by atoms with Crippen LogP contribution in [0, 0.1) is 5.82 Å². The summed E-state index contributed by atoms with van der Waals surface area (Å²) in [5.41, 5.74) is 7.12. The Balaban J connectivity index is 1.33. The lowest BCUT2D eigenvalue weighted by Crippen LogP contribution is -2.27. The van der Waals surface area contributed by atoms with E-state index in [1.807, 2.05) is 43.5 Å². The van der Waals surface area contributed by atoms with Gasteiger partial charge < -0.3 is 20.3 Å². The number of carboxylic acids is 1. The minimum absolute atomic E-state index is 0.188. The van der Waals surface area contributed by atoms with Crippen LogP contribution < -0.4 is 10.6 Å². The maximum atomic E-state index is 13.7. The second kappa shape index (κ2) is 12.3. The number of hydrogen-bond acceptors (Lipinski definition) is 3. The van der Waals surface area contributed by atoms with Gasteiger partial charge in [-0.2, -0.15) is 0 Å². The zero-order valence-electron chi connectivity index (χ0n) is 24.0. The lowest BCUT2D eigenvalue weighted by atomic mass is 10.0. The highest BCUT2D eigenvalue weighted by Crippen LogP contribution is 2.32. The van der Waals surface area contributed by atoms with Crippen molar-refractivity contribution in [1.82, 2.24) is 9.88 Å². The number of halogens is 1. The molecule has 1 aromatic heterocycles. The molecule has 44 heavy (non-hydrogen) atoms. The Morgan fingerprint density at radius 2 is 1.48 bits per heavy atom. The van der Waals surface area contributed by atoms with Crippen LogP contribution in [-0.4, -0.2) is 21.6 Å². The minimum Gasteiger partial charge on any atom is -0.478 e. The molecule has 3 N–H and O–H groups in total. The number of anilines is 2. The number of rotatable bonds is 9. The Hall–Kier alpha value is -5.69. The van der Waals surface area contributed by atoms with Gasteiger partial charge in [-0.3, -0.25) is 4.79 Å². The Kier molecular flexibility index (Phi) is 7.93. The molecule has 0 saturated carbocycles. The summed E-state index contributed by atoms with van der Waals surface area (Å²) in [5, 5.41) is 16.5. The van der Waals surface area contributed by atoms with Crippen molar-refractivity contribution >= 4 is 34.2 Å². The monoisotopic (exact) mass is 583 g/mol. The molecule has 1 amide bonds. The zero-order chi connectivity index (χ0) is 30.6. The fraction of sp³-hybridized carbons (Fsp3) is 0.0811. The fourth-order valence-electron chi connectivity index (χ4n) is 5.34. The van der Waals surface area contributed by atoms with E-state index >= 15 is 0 Å². The van der Waals surface area contributed by atoms with Crippen molar-refractivity contribution in [2.75, 3.05) is 5.32 Å². The predicted molar refractivity (Wildman–Crippen MR) is 172 cm³/mol. The first-order chi connectivity index (χ1) is 21.4. The summed E-state index contributed by atoms with van der Waals surface area (Å²) in [4.78, 5) is 25.0. The molecule has 218 valence electrons. The van der Waals surface area contributed by atoms with Gasteiger partial charge in [-0.15, -0.1) is 0 Å². The van der Waals surface area contributed by atoms with Gasteiger partial charge in [0.05, 0.1) is 22.7 Å². The highest BCUT2D eigenvalue weighted by molar-refractivity contribution is 6.10. The van der Waals surface area contributed by atoms with Crippen molar-refractivity contribution in [1.29, 1.82) is 0 Å². The van der Waals surface area contributed by atoms with Crippen molar-refractivity contribution < 1.29 is 19.1 Å². The number of amides is 1. The number of carbonyl (C=O) groups is 2. The molecule has 7 heteroatoms. The van der Waals surface area contributed by atoms with Gasteiger partial charge in [-0.1, -0.05) is 66.7 Å². The van der Waals surface area contributed by atoms with Crippen LogP contribution >= 0.6 is 0 Å². The van der Waals surface area contributed by atoms with E-state index in [0.717, 1.165) is 44.5 Å². The first-order valence-electron chi connectivity index (χ1n) is 14.3. The van der Waals surface area contributed by atoms with Crippen LogP contribution in [0.3, 0.4) is 0 Å². The van der Waals surface area contributed by atoms with Crippen LogP contribution in [0.4, 0.5) is 15.8 Å². The molecular formula is C37H30FN3O3. The van der Waals surface area contributed by atoms with Crippen molar-refractivity contribution in [3.63, 3.8) is 0 Å². The third-order valence-electron chi connectivity index (χ3n) is 7.71. The summed E-state index contributed by atoms with van der Waals surface area (Å²) in [5.74, 6) is -1.57. The van der Waals surface area contributed by atoms with E-state index in [0.29, 0.717) is 12.1 Å². The Morgan fingerprint density at radius 3 is 2.16 bits per heavy atom. The van der Waals surface area contributed by atoms with Crippen LogP contribution in [0.5, 0.6) is 0 Å². The van der Waals surface area contributed by atoms with Crippen molar-refractivity contribution in [3.05, 3.63) is 156 Å². The van der Waals surface area contributed by atoms with E-state index in [-0.39, 0.29) is 23.3 Å². The topological polar surface area (TPSA) is 83.4 Å². The largest absolute Gasteiger partial charge is 0.478 e. The molecule has 0 fully saturated rings. The second-order valence-electron chi connectivity index (χ2n) is 10.7. The van der Waals surface area contributed by atoms with E-state index in [9.17, 15) is 19.1 Å². The number of benzene rings is 5. The summed E-state index contributed by atoms with van der Waals surface area (Å²) in [7, 11) is 0. The molecule has 5 aromatic carbocycles. The van der Waals surface area contributed by atoms with E-state index in [4.69, 9.17) is 0 Å². The van der Waals surface area contributed by atoms with Gasteiger partial charge in [0.1, 0.15) is 5.82 Å². The van der Waals surface area contributed by atoms with E-state index in [2.05, 4.69) is 51.6 Å². The van der Waals surface area contributed by atoms with Crippen LogP contribution in [0.1, 0.15) is 44.8 Å². The van der Waals surface area contributed by atoms with Gasteiger partial charge in [0.15, 0.2) is 0 Å². The van der Waals surface area contributed by atoms with Crippen LogP contribution in [0.25, 0.3) is 22.0 Å². The van der Waals surface area contributed by atoms with Crippen LogP contribution in [0.2, 0.25) is 0 Å². The minimum atomic E-state index is -1.000. The number of carbonyl (C=O) groups excluding carboxylic acids is 1. The average Bonchev–Trinajstić information content (AvgIpc) is 3.47. The first-order valence-corrected chi connectivity index (χ1v) is 14.3. The molecule has 6 aromatic rings. The van der Waals surface area contributed by atoms with E-state index in [1.54, 1.807) is 30.3 Å². The molecule has 0 saturated heterocycles. The van der Waals surface area contributed by atoms with Crippen molar-refractivity contribution in [2.45, 2.75) is 19.5 Å². The maximum Gasteiger partial charge on any atom is 0.335 e. The zero-order valence-corrected chi connectivity index (χ0v) is 24.0. The summed E-state index contributed by atoms with van der Waals surface area (Å²) in [6.45, 7) is 2.41. The standard InChI is InChI=1S/C37H30FN3O3/c1-24(26-11-13-29(14-12-26)37(43)44)39-36(42)33-19-20-34(40-31-17-15-30(38)16-18-31)32-21-22-41(35(32)33)23-25-7-9-28(10-8-25)27-5-3-2-4-6-27/h2-22,24,40H,23H2,1H3,(H,39,42)(H,43,44)/t24-/m0/s1. The SMILES string of the molecule is C[C@H](NC(=O)c1ccc(Nc2ccc(F)cc2)c2ccn(Cc3ccc(-c4ccccc4)cc3)c12)c1ccc(C(=O)O)cc1. The predicted octanol–water partition coefficient (Wildman–Crippen LogP) is 8.43. The molecule has 0 radical (unpaired) electrons. The summed E-state index contributed by atoms with van der Waals surface area (Å²) < 4.78 is 15.6. The second-order valence-corrected chi connectivity index (χ2v) is 10.7. The summed E-state index contributed by atoms with van der Waals surface area (Å²) in [6.07, 6.45) is 1.97. The van der Waals surface area contributed by atoms with Gasteiger partial charge in [0, 0.05) is 29.5 Å². The third kappa shape index (κ3) is 6.08. The molecule has 1 heterocycles. The lowest BCUT2D eigenvalue weighted by Gasteiger charge is -2.17. The highest BCUT2D eigenvalue weighted by Gasteiger charge is 2.19. The van der Waals surface area contributed by atoms with E-state index < -0.39 is 5.97 Å². The number of aromatic nitrogens is 1. The average molecular weight is 584 g/mol. The number of aromatic carboxylic acids is 1. The van der Waals surface area contributed by atoms with Gasteiger partial charge in [-0.25, -0.2) is 9.18 Å². The summed E-state index contributed by atoms with van der Waals surface area (Å²) in [6, 6.07) is 36.5.